The number of hydrogen-bond donors (Lipinski definition) is 1. The van der Waals surface area contributed by atoms with E-state index in [-0.39, 0.29) is 0 Å². The van der Waals surface area contributed by atoms with Gasteiger partial charge in [-0.25, -0.2) is 0 Å². The van der Waals surface area contributed by atoms with Crippen LogP contribution in [0.2, 0.25) is 0 Å². The molecule has 3 atom stereocenters. The molecule has 0 spiro atoms. The van der Waals surface area contributed by atoms with E-state index in [2.05, 4.69) is 33.1 Å². The van der Waals surface area contributed by atoms with E-state index in [1.165, 1.54) is 19.3 Å². The van der Waals surface area contributed by atoms with Gasteiger partial charge in [0.1, 0.15) is 0 Å². The Bertz CT molecular complexity index is 131. The molecule has 0 aromatic heterocycles. The van der Waals surface area contributed by atoms with Crippen molar-refractivity contribution in [3.8, 4) is 0 Å². The van der Waals surface area contributed by atoms with E-state index in [0.29, 0.717) is 0 Å². The van der Waals surface area contributed by atoms with Gasteiger partial charge in [-0.05, 0) is 37.6 Å². The minimum Gasteiger partial charge on any atom is -0.317 e. The van der Waals surface area contributed by atoms with Crippen molar-refractivity contribution < 1.29 is 0 Å². The molecular weight excluding hydrogens is 146 g/mol. The van der Waals surface area contributed by atoms with Gasteiger partial charge in [0.25, 0.3) is 0 Å². The quantitative estimate of drug-likeness (QED) is 0.670. The van der Waals surface area contributed by atoms with Gasteiger partial charge >= 0.3 is 0 Å². The fraction of sp³-hybridized carbons (Fsp3) is 1.00. The van der Waals surface area contributed by atoms with Crippen molar-refractivity contribution in [2.24, 2.45) is 17.8 Å². The molecule has 0 aromatic carbocycles. The maximum Gasteiger partial charge on any atom is 0.00973 e. The van der Waals surface area contributed by atoms with Crippen LogP contribution < -0.4 is 5.32 Å². The van der Waals surface area contributed by atoms with Crippen LogP contribution in [0, 0.1) is 17.8 Å². The Kier molecular flexibility index (Phi) is 3.57. The molecule has 1 fully saturated rings. The third-order valence-electron chi connectivity index (χ3n) is 3.39. The van der Waals surface area contributed by atoms with Crippen LogP contribution in [0.25, 0.3) is 0 Å². The SMILES string of the molecule is CN[C@@H]1C[C@H](C)CC[C@H]1C(C)C. The monoisotopic (exact) mass is 169 g/mol. The van der Waals surface area contributed by atoms with Gasteiger partial charge in [0.2, 0.25) is 0 Å². The van der Waals surface area contributed by atoms with E-state index in [1.807, 2.05) is 0 Å². The first kappa shape index (κ1) is 10.0. The lowest BCUT2D eigenvalue weighted by Gasteiger charge is -2.37. The van der Waals surface area contributed by atoms with E-state index < -0.39 is 0 Å². The molecule has 0 unspecified atom stereocenters. The molecule has 0 saturated heterocycles. The van der Waals surface area contributed by atoms with Gasteiger partial charge < -0.3 is 5.32 Å². The van der Waals surface area contributed by atoms with Gasteiger partial charge in [-0.15, -0.1) is 0 Å². The Morgan fingerprint density at radius 1 is 1.25 bits per heavy atom. The molecular formula is C11H23N. The normalized spacial score (nSPS) is 37.2. The molecule has 1 aliphatic rings. The lowest BCUT2D eigenvalue weighted by Crippen LogP contribution is -2.40. The molecule has 0 radical (unpaired) electrons. The summed E-state index contributed by atoms with van der Waals surface area (Å²) in [4.78, 5) is 0. The van der Waals surface area contributed by atoms with Crippen molar-refractivity contribution in [1.82, 2.24) is 5.32 Å². The Balaban J connectivity index is 2.50. The highest BCUT2D eigenvalue weighted by molar-refractivity contribution is 4.84. The lowest BCUT2D eigenvalue weighted by atomic mass is 9.74. The van der Waals surface area contributed by atoms with Gasteiger partial charge in [-0.3, -0.25) is 0 Å². The largest absolute Gasteiger partial charge is 0.317 e. The molecule has 0 aliphatic heterocycles. The van der Waals surface area contributed by atoms with E-state index in [1.54, 1.807) is 0 Å². The lowest BCUT2D eigenvalue weighted by molar-refractivity contribution is 0.177. The molecule has 1 heteroatoms. The molecule has 1 rings (SSSR count). The highest BCUT2D eigenvalue weighted by Crippen LogP contribution is 2.32. The number of hydrogen-bond acceptors (Lipinski definition) is 1. The van der Waals surface area contributed by atoms with Crippen molar-refractivity contribution in [2.75, 3.05) is 7.05 Å². The molecule has 1 saturated carbocycles. The topological polar surface area (TPSA) is 12.0 Å². The predicted molar refractivity (Wildman–Crippen MR) is 54.2 cm³/mol. The van der Waals surface area contributed by atoms with E-state index in [9.17, 15) is 0 Å². The standard InChI is InChI=1S/C11H23N/c1-8(2)10-6-5-9(3)7-11(10)12-4/h8-12H,5-7H2,1-4H3/t9-,10+,11-/m1/s1. The molecule has 12 heavy (non-hydrogen) atoms. The van der Waals surface area contributed by atoms with Crippen molar-refractivity contribution in [3.05, 3.63) is 0 Å². The summed E-state index contributed by atoms with van der Waals surface area (Å²) in [6, 6.07) is 0.772. The second kappa shape index (κ2) is 4.27. The first-order chi connectivity index (χ1) is 5.65. The second-order valence-electron chi connectivity index (χ2n) is 4.72. The average Bonchev–Trinajstić information content (AvgIpc) is 2.03. The van der Waals surface area contributed by atoms with Crippen LogP contribution in [0.4, 0.5) is 0 Å². The summed E-state index contributed by atoms with van der Waals surface area (Å²) in [5.74, 6) is 2.68. The third-order valence-corrected chi connectivity index (χ3v) is 3.39. The van der Waals surface area contributed by atoms with Crippen LogP contribution in [0.1, 0.15) is 40.0 Å². The van der Waals surface area contributed by atoms with Crippen LogP contribution in [-0.2, 0) is 0 Å². The molecule has 0 aromatic rings. The predicted octanol–water partition coefficient (Wildman–Crippen LogP) is 2.67. The minimum absolute atomic E-state index is 0.772. The molecule has 72 valence electrons. The highest BCUT2D eigenvalue weighted by atomic mass is 14.9. The Hall–Kier alpha value is -0.0400. The zero-order chi connectivity index (χ0) is 9.14. The highest BCUT2D eigenvalue weighted by Gasteiger charge is 2.29. The van der Waals surface area contributed by atoms with E-state index in [0.717, 1.165) is 23.8 Å². The van der Waals surface area contributed by atoms with Crippen molar-refractivity contribution >= 4 is 0 Å². The van der Waals surface area contributed by atoms with Crippen LogP contribution in [0.3, 0.4) is 0 Å². The van der Waals surface area contributed by atoms with Crippen LogP contribution in [-0.4, -0.2) is 13.1 Å². The summed E-state index contributed by atoms with van der Waals surface area (Å²) in [7, 11) is 2.11. The fourth-order valence-electron chi connectivity index (χ4n) is 2.53. The van der Waals surface area contributed by atoms with Gasteiger partial charge in [-0.1, -0.05) is 27.2 Å². The summed E-state index contributed by atoms with van der Waals surface area (Å²) in [6.45, 7) is 7.08. The molecule has 0 heterocycles. The maximum atomic E-state index is 3.47. The van der Waals surface area contributed by atoms with Crippen LogP contribution in [0.5, 0.6) is 0 Å². The first-order valence-electron chi connectivity index (χ1n) is 5.32. The molecule has 1 aliphatic carbocycles. The molecule has 0 amide bonds. The second-order valence-corrected chi connectivity index (χ2v) is 4.72. The van der Waals surface area contributed by atoms with E-state index >= 15 is 0 Å². The molecule has 0 bridgehead atoms. The van der Waals surface area contributed by atoms with Crippen LogP contribution in [0.15, 0.2) is 0 Å². The third kappa shape index (κ3) is 2.22. The van der Waals surface area contributed by atoms with Crippen molar-refractivity contribution in [3.63, 3.8) is 0 Å². The Morgan fingerprint density at radius 3 is 2.42 bits per heavy atom. The fourth-order valence-corrected chi connectivity index (χ4v) is 2.53. The van der Waals surface area contributed by atoms with Gasteiger partial charge in [0.15, 0.2) is 0 Å². The molecule has 1 nitrogen and oxygen atoms in total. The summed E-state index contributed by atoms with van der Waals surface area (Å²) in [6.07, 6.45) is 4.23. The average molecular weight is 169 g/mol. The van der Waals surface area contributed by atoms with E-state index in [4.69, 9.17) is 0 Å². The summed E-state index contributed by atoms with van der Waals surface area (Å²) in [5, 5.41) is 3.47. The summed E-state index contributed by atoms with van der Waals surface area (Å²) >= 11 is 0. The Labute approximate surface area is 76.9 Å². The summed E-state index contributed by atoms with van der Waals surface area (Å²) < 4.78 is 0. The minimum atomic E-state index is 0.772. The molecule has 1 N–H and O–H groups in total. The van der Waals surface area contributed by atoms with Gasteiger partial charge in [-0.2, -0.15) is 0 Å². The van der Waals surface area contributed by atoms with Crippen molar-refractivity contribution in [1.29, 1.82) is 0 Å². The Morgan fingerprint density at radius 2 is 1.92 bits per heavy atom. The summed E-state index contributed by atoms with van der Waals surface area (Å²) in [5.41, 5.74) is 0. The number of rotatable bonds is 2. The maximum absolute atomic E-state index is 3.47. The van der Waals surface area contributed by atoms with Gasteiger partial charge in [0.05, 0.1) is 0 Å². The first-order valence-corrected chi connectivity index (χ1v) is 5.32. The van der Waals surface area contributed by atoms with Crippen LogP contribution >= 0.6 is 0 Å². The van der Waals surface area contributed by atoms with Crippen molar-refractivity contribution in [2.45, 2.75) is 46.1 Å². The smallest absolute Gasteiger partial charge is 0.00973 e. The van der Waals surface area contributed by atoms with Gasteiger partial charge in [0, 0.05) is 6.04 Å². The zero-order valence-corrected chi connectivity index (χ0v) is 8.93. The number of nitrogens with one attached hydrogen (secondary N) is 1. The zero-order valence-electron chi connectivity index (χ0n) is 8.93.